The molecule has 1 aliphatic rings. The van der Waals surface area contributed by atoms with Crippen molar-refractivity contribution in [1.82, 2.24) is 25.5 Å². The molecule has 0 radical (unpaired) electrons. The van der Waals surface area contributed by atoms with Gasteiger partial charge in [-0.2, -0.15) is 5.10 Å². The van der Waals surface area contributed by atoms with Crippen molar-refractivity contribution in [3.8, 4) is 11.4 Å². The molecule has 1 amide bonds. The Morgan fingerprint density at radius 2 is 2.16 bits per heavy atom. The number of hydrogen-bond donors (Lipinski definition) is 3. The Hall–Kier alpha value is -2.63. The topological polar surface area (TPSA) is 116 Å². The third kappa shape index (κ3) is 4.19. The van der Waals surface area contributed by atoms with Crippen LogP contribution in [0.1, 0.15) is 32.3 Å². The second kappa shape index (κ2) is 9.08. The first-order valence-electron chi connectivity index (χ1n) is 9.62. The van der Waals surface area contributed by atoms with Crippen molar-refractivity contribution in [2.45, 2.75) is 25.6 Å². The van der Waals surface area contributed by atoms with Crippen molar-refractivity contribution < 1.29 is 18.7 Å². The lowest BCUT2D eigenvalue weighted by Crippen LogP contribution is -2.52. The van der Waals surface area contributed by atoms with Crippen LogP contribution >= 0.6 is 34.5 Å². The van der Waals surface area contributed by atoms with E-state index >= 15 is 0 Å². The summed E-state index contributed by atoms with van der Waals surface area (Å²) >= 11 is 13.2. The number of anilines is 1. The number of piperidine rings is 1. The monoisotopic (exact) mass is 500 g/mol. The van der Waals surface area contributed by atoms with E-state index in [-0.39, 0.29) is 22.3 Å². The molecule has 3 aromatic heterocycles. The van der Waals surface area contributed by atoms with Crippen LogP contribution in [0.3, 0.4) is 0 Å². The van der Waals surface area contributed by atoms with Gasteiger partial charge in [0.25, 0.3) is 5.91 Å². The van der Waals surface area contributed by atoms with Crippen molar-refractivity contribution in [2.24, 2.45) is 0 Å². The highest BCUT2D eigenvalue weighted by Gasteiger charge is 2.34. The summed E-state index contributed by atoms with van der Waals surface area (Å²) in [5, 5.41) is 10.2. The van der Waals surface area contributed by atoms with Gasteiger partial charge in [-0.15, -0.1) is 0 Å². The number of aromatic nitrogens is 4. The maximum atomic E-state index is 15.0. The predicted octanol–water partition coefficient (Wildman–Crippen LogP) is 3.61. The minimum absolute atomic E-state index is 0.000267. The molecule has 4 heterocycles. The molecule has 3 N–H and O–H groups in total. The summed E-state index contributed by atoms with van der Waals surface area (Å²) in [4.78, 5) is 34.1. The molecular formula is C19H19Cl2FN6O3S. The van der Waals surface area contributed by atoms with Gasteiger partial charge in [-0.05, 0) is 19.4 Å². The second-order valence-corrected chi connectivity index (χ2v) is 8.95. The highest BCUT2D eigenvalue weighted by atomic mass is 35.5. The number of halogens is 3. The summed E-state index contributed by atoms with van der Waals surface area (Å²) in [5.41, 5.74) is 1.62. The molecule has 0 saturated carbocycles. The van der Waals surface area contributed by atoms with Gasteiger partial charge in [-0.1, -0.05) is 34.5 Å². The van der Waals surface area contributed by atoms with Gasteiger partial charge in [0.05, 0.1) is 35.4 Å². The van der Waals surface area contributed by atoms with E-state index in [4.69, 9.17) is 27.9 Å². The van der Waals surface area contributed by atoms with Gasteiger partial charge < -0.3 is 19.9 Å². The summed E-state index contributed by atoms with van der Waals surface area (Å²) < 4.78 is 19.8. The summed E-state index contributed by atoms with van der Waals surface area (Å²) in [5.74, 6) is -1.05. The molecular weight excluding hydrogens is 482 g/mol. The van der Waals surface area contributed by atoms with Gasteiger partial charge in [0.1, 0.15) is 22.4 Å². The van der Waals surface area contributed by atoms with Gasteiger partial charge in [0, 0.05) is 18.4 Å². The van der Waals surface area contributed by atoms with Crippen molar-refractivity contribution in [3.63, 3.8) is 0 Å². The van der Waals surface area contributed by atoms with E-state index < -0.39 is 24.1 Å². The number of methoxy groups -OCH3 is 1. The minimum atomic E-state index is -1.36. The minimum Gasteiger partial charge on any atom is -0.465 e. The molecule has 0 unspecified atom stereocenters. The first-order valence-corrected chi connectivity index (χ1v) is 11.2. The largest absolute Gasteiger partial charge is 0.465 e. The number of carbonyl (C=O) groups excluding carboxylic acids is 2. The van der Waals surface area contributed by atoms with Crippen LogP contribution in [0, 0.1) is 6.92 Å². The Morgan fingerprint density at radius 1 is 1.38 bits per heavy atom. The van der Waals surface area contributed by atoms with E-state index in [9.17, 15) is 14.0 Å². The van der Waals surface area contributed by atoms with Gasteiger partial charge in [-0.25, -0.2) is 14.2 Å². The SMILES string of the molecule is COC(=O)c1sc(N2CC[C@@H](NC(=O)c3[nH]c(C)c(Cl)c3Cl)[C@@H](F)C2)nc1-c1ccn[nH]1. The quantitative estimate of drug-likeness (QED) is 0.460. The lowest BCUT2D eigenvalue weighted by molar-refractivity contribution is 0.0606. The van der Waals surface area contributed by atoms with Crippen molar-refractivity contribution in [2.75, 3.05) is 25.1 Å². The highest BCUT2D eigenvalue weighted by molar-refractivity contribution is 7.17. The van der Waals surface area contributed by atoms with Crippen LogP contribution in [-0.4, -0.2) is 64.5 Å². The number of ether oxygens (including phenoxy) is 1. The number of amides is 1. The van der Waals surface area contributed by atoms with Crippen LogP contribution in [0.4, 0.5) is 9.52 Å². The van der Waals surface area contributed by atoms with Crippen LogP contribution in [0.5, 0.6) is 0 Å². The zero-order valence-electron chi connectivity index (χ0n) is 17.0. The number of thiazole rings is 1. The Kier molecular flexibility index (Phi) is 6.40. The number of rotatable bonds is 5. The molecule has 1 aliphatic heterocycles. The Labute approximate surface area is 196 Å². The van der Waals surface area contributed by atoms with Gasteiger partial charge >= 0.3 is 5.97 Å². The number of H-pyrrole nitrogens is 2. The van der Waals surface area contributed by atoms with Gasteiger partial charge in [0.15, 0.2) is 5.13 Å². The molecule has 1 saturated heterocycles. The maximum absolute atomic E-state index is 15.0. The number of hydrogen-bond acceptors (Lipinski definition) is 7. The van der Waals surface area contributed by atoms with Crippen LogP contribution < -0.4 is 10.2 Å². The molecule has 0 spiro atoms. The molecule has 0 bridgehead atoms. The first-order chi connectivity index (χ1) is 15.3. The van der Waals surface area contributed by atoms with Crippen LogP contribution in [0.2, 0.25) is 10.0 Å². The molecule has 4 rings (SSSR count). The number of esters is 1. The molecule has 3 aromatic rings. The van der Waals surface area contributed by atoms with Crippen molar-refractivity contribution in [1.29, 1.82) is 0 Å². The standard InChI is InChI=1S/C19H19Cl2FN6O3S/c1-8-12(20)13(21)15(24-8)17(29)25-10-4-6-28(7-9(10)22)19-26-14(11-3-5-23-27-11)16(32-19)18(30)31-2/h3,5,9-10,24H,4,6-7H2,1-2H3,(H,23,27)(H,25,29)/t9-,10+/m0/s1. The lowest BCUT2D eigenvalue weighted by atomic mass is 10.0. The fourth-order valence-electron chi connectivity index (χ4n) is 3.46. The van der Waals surface area contributed by atoms with Crippen LogP contribution in [-0.2, 0) is 4.74 Å². The Balaban J connectivity index is 1.48. The molecule has 13 heteroatoms. The number of aromatic amines is 2. The highest BCUT2D eigenvalue weighted by Crippen LogP contribution is 2.34. The molecule has 170 valence electrons. The number of aryl methyl sites for hydroxylation is 1. The third-order valence-corrected chi connectivity index (χ3v) is 7.20. The Bertz CT molecular complexity index is 1150. The summed E-state index contributed by atoms with van der Waals surface area (Å²) in [6, 6.07) is 0.981. The second-order valence-electron chi connectivity index (χ2n) is 7.22. The van der Waals surface area contributed by atoms with E-state index in [1.54, 1.807) is 24.1 Å². The smallest absolute Gasteiger partial charge is 0.350 e. The fourth-order valence-corrected chi connectivity index (χ4v) is 4.91. The summed E-state index contributed by atoms with van der Waals surface area (Å²) in [6.45, 7) is 2.12. The first kappa shape index (κ1) is 22.6. The molecule has 0 aromatic carbocycles. The molecule has 9 nitrogen and oxygen atoms in total. The predicted molar refractivity (Wildman–Crippen MR) is 120 cm³/mol. The van der Waals surface area contributed by atoms with Crippen molar-refractivity contribution >= 4 is 51.5 Å². The summed E-state index contributed by atoms with van der Waals surface area (Å²) in [7, 11) is 1.29. The number of carbonyl (C=O) groups is 2. The van der Waals surface area contributed by atoms with E-state index in [2.05, 4.69) is 25.5 Å². The van der Waals surface area contributed by atoms with E-state index in [1.165, 1.54) is 7.11 Å². The average Bonchev–Trinajstić information content (AvgIpc) is 3.51. The average molecular weight is 501 g/mol. The van der Waals surface area contributed by atoms with Crippen LogP contribution in [0.25, 0.3) is 11.4 Å². The maximum Gasteiger partial charge on any atom is 0.350 e. The zero-order valence-corrected chi connectivity index (χ0v) is 19.4. The number of nitrogens with one attached hydrogen (secondary N) is 3. The van der Waals surface area contributed by atoms with Gasteiger partial charge in [-0.3, -0.25) is 9.89 Å². The number of nitrogens with zero attached hydrogens (tertiary/aromatic N) is 3. The Morgan fingerprint density at radius 3 is 2.75 bits per heavy atom. The third-order valence-electron chi connectivity index (χ3n) is 5.15. The number of alkyl halides is 1. The molecule has 2 atom stereocenters. The molecule has 0 aliphatic carbocycles. The lowest BCUT2D eigenvalue weighted by Gasteiger charge is -2.34. The van der Waals surface area contributed by atoms with Crippen LogP contribution in [0.15, 0.2) is 12.3 Å². The van der Waals surface area contributed by atoms with E-state index in [0.717, 1.165) is 11.3 Å². The normalized spacial score (nSPS) is 18.6. The van der Waals surface area contributed by atoms with E-state index in [0.29, 0.717) is 40.1 Å². The van der Waals surface area contributed by atoms with Crippen molar-refractivity contribution in [3.05, 3.63) is 38.6 Å². The fraction of sp³-hybridized carbons (Fsp3) is 0.368. The molecule has 32 heavy (non-hydrogen) atoms. The van der Waals surface area contributed by atoms with E-state index in [1.807, 2.05) is 0 Å². The molecule has 1 fully saturated rings. The zero-order chi connectivity index (χ0) is 23.0. The summed E-state index contributed by atoms with van der Waals surface area (Å²) in [6.07, 6.45) is 0.524. The van der Waals surface area contributed by atoms with Gasteiger partial charge in [0.2, 0.25) is 0 Å².